The third-order valence-electron chi connectivity index (χ3n) is 3.84. The lowest BCUT2D eigenvalue weighted by atomic mass is 9.94. The van der Waals surface area contributed by atoms with Crippen LogP contribution < -0.4 is 5.32 Å². The van der Waals surface area contributed by atoms with Crippen molar-refractivity contribution in [2.45, 2.75) is 51.7 Å². The molecule has 1 aromatic rings. The van der Waals surface area contributed by atoms with Gasteiger partial charge in [-0.1, -0.05) is 19.1 Å². The van der Waals surface area contributed by atoms with E-state index in [1.165, 1.54) is 0 Å². The molecular formula is C16H23F2NO. The summed E-state index contributed by atoms with van der Waals surface area (Å²) in [6, 6.07) is 3.04. The van der Waals surface area contributed by atoms with Gasteiger partial charge in [-0.3, -0.25) is 0 Å². The molecule has 0 radical (unpaired) electrons. The summed E-state index contributed by atoms with van der Waals surface area (Å²) in [7, 11) is 0. The Kier molecular flexibility index (Phi) is 5.49. The molecule has 4 heteroatoms. The summed E-state index contributed by atoms with van der Waals surface area (Å²) in [6.07, 6.45) is 3.87. The van der Waals surface area contributed by atoms with Gasteiger partial charge in [-0.15, -0.1) is 0 Å². The second kappa shape index (κ2) is 7.14. The van der Waals surface area contributed by atoms with Crippen LogP contribution in [0.2, 0.25) is 0 Å². The average Bonchev–Trinajstić information content (AvgIpc) is 2.48. The van der Waals surface area contributed by atoms with Crippen molar-refractivity contribution in [2.75, 3.05) is 13.2 Å². The highest BCUT2D eigenvalue weighted by Crippen LogP contribution is 2.29. The van der Waals surface area contributed by atoms with Crippen molar-refractivity contribution < 1.29 is 13.5 Å². The van der Waals surface area contributed by atoms with Gasteiger partial charge in [0.2, 0.25) is 0 Å². The number of nitrogens with one attached hydrogen (secondary N) is 1. The number of rotatable bonds is 5. The Labute approximate surface area is 119 Å². The zero-order chi connectivity index (χ0) is 14.5. The molecule has 0 saturated carbocycles. The standard InChI is InChI=1S/C16H23F2NO/c1-3-9-19-16(13-6-4-5-10-20-13)12-8-7-11(2)14(17)15(12)18/h7-8,13,16,19H,3-6,9-10H2,1-2H3. The first kappa shape index (κ1) is 15.4. The molecule has 2 atom stereocenters. The van der Waals surface area contributed by atoms with E-state index < -0.39 is 11.6 Å². The van der Waals surface area contributed by atoms with Gasteiger partial charge >= 0.3 is 0 Å². The molecule has 1 aromatic carbocycles. The molecule has 20 heavy (non-hydrogen) atoms. The molecule has 0 spiro atoms. The normalized spacial score (nSPS) is 20.9. The highest BCUT2D eigenvalue weighted by Gasteiger charge is 2.28. The van der Waals surface area contributed by atoms with E-state index in [2.05, 4.69) is 12.2 Å². The summed E-state index contributed by atoms with van der Waals surface area (Å²) in [5.74, 6) is -1.49. The van der Waals surface area contributed by atoms with Crippen LogP contribution in [0.25, 0.3) is 0 Å². The summed E-state index contributed by atoms with van der Waals surface area (Å²) in [5.41, 5.74) is 0.721. The Morgan fingerprint density at radius 2 is 2.10 bits per heavy atom. The molecule has 1 aliphatic heterocycles. The predicted molar refractivity (Wildman–Crippen MR) is 75.7 cm³/mol. The molecule has 1 N–H and O–H groups in total. The molecule has 1 fully saturated rings. The van der Waals surface area contributed by atoms with Gasteiger partial charge in [0.1, 0.15) is 0 Å². The Morgan fingerprint density at radius 1 is 1.30 bits per heavy atom. The molecule has 0 aliphatic carbocycles. The summed E-state index contributed by atoms with van der Waals surface area (Å²) < 4.78 is 33.8. The molecule has 1 saturated heterocycles. The monoisotopic (exact) mass is 283 g/mol. The van der Waals surface area contributed by atoms with Crippen LogP contribution in [-0.4, -0.2) is 19.3 Å². The average molecular weight is 283 g/mol. The number of hydrogen-bond acceptors (Lipinski definition) is 2. The zero-order valence-corrected chi connectivity index (χ0v) is 12.2. The number of benzene rings is 1. The lowest BCUT2D eigenvalue weighted by Crippen LogP contribution is -2.37. The minimum absolute atomic E-state index is 0.0769. The van der Waals surface area contributed by atoms with E-state index in [1.807, 2.05) is 0 Å². The first-order valence-corrected chi connectivity index (χ1v) is 7.44. The second-order valence-electron chi connectivity index (χ2n) is 5.44. The quantitative estimate of drug-likeness (QED) is 0.885. The zero-order valence-electron chi connectivity index (χ0n) is 12.2. The third-order valence-corrected chi connectivity index (χ3v) is 3.84. The topological polar surface area (TPSA) is 21.3 Å². The molecule has 2 unspecified atom stereocenters. The van der Waals surface area contributed by atoms with Crippen molar-refractivity contribution in [3.05, 3.63) is 34.9 Å². The Hall–Kier alpha value is -1.00. The number of halogens is 2. The van der Waals surface area contributed by atoms with E-state index >= 15 is 0 Å². The maximum atomic E-state index is 14.2. The molecule has 0 aromatic heterocycles. The van der Waals surface area contributed by atoms with Gasteiger partial charge in [-0.05, 0) is 44.7 Å². The number of ether oxygens (including phenoxy) is 1. The highest BCUT2D eigenvalue weighted by molar-refractivity contribution is 5.28. The van der Waals surface area contributed by atoms with Crippen LogP contribution in [0, 0.1) is 18.6 Å². The number of aryl methyl sites for hydroxylation is 1. The fraction of sp³-hybridized carbons (Fsp3) is 0.625. The molecule has 112 valence electrons. The van der Waals surface area contributed by atoms with Gasteiger partial charge in [0.25, 0.3) is 0 Å². The molecule has 0 amide bonds. The summed E-state index contributed by atoms with van der Waals surface area (Å²) >= 11 is 0. The van der Waals surface area contributed by atoms with E-state index in [4.69, 9.17) is 4.74 Å². The van der Waals surface area contributed by atoms with Crippen molar-refractivity contribution in [3.8, 4) is 0 Å². The van der Waals surface area contributed by atoms with E-state index in [0.29, 0.717) is 17.7 Å². The van der Waals surface area contributed by atoms with Crippen molar-refractivity contribution in [3.63, 3.8) is 0 Å². The van der Waals surface area contributed by atoms with E-state index in [9.17, 15) is 8.78 Å². The van der Waals surface area contributed by atoms with Gasteiger partial charge < -0.3 is 10.1 Å². The molecular weight excluding hydrogens is 260 g/mol. The van der Waals surface area contributed by atoms with E-state index in [1.54, 1.807) is 19.1 Å². The molecule has 1 heterocycles. The first-order chi connectivity index (χ1) is 9.65. The van der Waals surface area contributed by atoms with Gasteiger partial charge in [-0.2, -0.15) is 0 Å². The lowest BCUT2D eigenvalue weighted by Gasteiger charge is -2.32. The SMILES string of the molecule is CCCNC(c1ccc(C)c(F)c1F)C1CCCCO1. The van der Waals surface area contributed by atoms with Crippen LogP contribution in [0.15, 0.2) is 12.1 Å². The second-order valence-corrected chi connectivity index (χ2v) is 5.44. The van der Waals surface area contributed by atoms with Gasteiger partial charge in [0.05, 0.1) is 12.1 Å². The van der Waals surface area contributed by atoms with Crippen molar-refractivity contribution in [1.82, 2.24) is 5.32 Å². The largest absolute Gasteiger partial charge is 0.376 e. The lowest BCUT2D eigenvalue weighted by molar-refractivity contribution is -0.00897. The van der Waals surface area contributed by atoms with Crippen LogP contribution in [0.5, 0.6) is 0 Å². The summed E-state index contributed by atoms with van der Waals surface area (Å²) in [6.45, 7) is 5.09. The van der Waals surface area contributed by atoms with Crippen molar-refractivity contribution in [1.29, 1.82) is 0 Å². The first-order valence-electron chi connectivity index (χ1n) is 7.44. The Balaban J connectivity index is 2.27. The van der Waals surface area contributed by atoms with E-state index in [-0.39, 0.29) is 12.1 Å². The minimum Gasteiger partial charge on any atom is -0.376 e. The smallest absolute Gasteiger partial charge is 0.163 e. The Morgan fingerprint density at radius 3 is 2.75 bits per heavy atom. The maximum Gasteiger partial charge on any atom is 0.163 e. The van der Waals surface area contributed by atoms with Crippen LogP contribution >= 0.6 is 0 Å². The fourth-order valence-corrected chi connectivity index (χ4v) is 2.67. The predicted octanol–water partition coefficient (Wildman–Crippen LogP) is 3.88. The van der Waals surface area contributed by atoms with Crippen molar-refractivity contribution in [2.24, 2.45) is 0 Å². The highest BCUT2D eigenvalue weighted by atomic mass is 19.2. The van der Waals surface area contributed by atoms with Crippen LogP contribution in [0.4, 0.5) is 8.78 Å². The van der Waals surface area contributed by atoms with Crippen LogP contribution in [0.1, 0.15) is 49.8 Å². The molecule has 2 nitrogen and oxygen atoms in total. The molecule has 2 rings (SSSR count). The van der Waals surface area contributed by atoms with Gasteiger partial charge in [0, 0.05) is 12.2 Å². The molecule has 1 aliphatic rings. The van der Waals surface area contributed by atoms with Crippen LogP contribution in [0.3, 0.4) is 0 Å². The number of hydrogen-bond donors (Lipinski definition) is 1. The molecule has 0 bridgehead atoms. The maximum absolute atomic E-state index is 14.2. The summed E-state index contributed by atoms with van der Waals surface area (Å²) in [4.78, 5) is 0. The fourth-order valence-electron chi connectivity index (χ4n) is 2.67. The van der Waals surface area contributed by atoms with Gasteiger partial charge in [0.15, 0.2) is 11.6 Å². The minimum atomic E-state index is -0.749. The van der Waals surface area contributed by atoms with Gasteiger partial charge in [-0.25, -0.2) is 8.78 Å². The Bertz CT molecular complexity index is 444. The van der Waals surface area contributed by atoms with E-state index in [0.717, 1.165) is 32.2 Å². The third kappa shape index (κ3) is 3.36. The van der Waals surface area contributed by atoms with Crippen LogP contribution in [-0.2, 0) is 4.74 Å². The van der Waals surface area contributed by atoms with Crippen molar-refractivity contribution >= 4 is 0 Å². The summed E-state index contributed by atoms with van der Waals surface area (Å²) in [5, 5.41) is 3.31.